The number of pyridine rings is 1. The van der Waals surface area contributed by atoms with Crippen molar-refractivity contribution in [3.05, 3.63) is 38.9 Å². The fraction of sp³-hybridized carbons (Fsp3) is 0.231. The van der Waals surface area contributed by atoms with Crippen LogP contribution in [0.25, 0.3) is 10.9 Å². The first-order valence-electron chi connectivity index (χ1n) is 6.22. The van der Waals surface area contributed by atoms with Gasteiger partial charge in [0.15, 0.2) is 5.82 Å². The largest absolute Gasteiger partial charge is 0.477 e. The second-order valence-corrected chi connectivity index (χ2v) is 5.31. The zero-order chi connectivity index (χ0) is 15.3. The monoisotopic (exact) mass is 311 g/mol. The van der Waals surface area contributed by atoms with Crippen LogP contribution in [0.1, 0.15) is 29.2 Å². The average molecular weight is 312 g/mol. The Hall–Kier alpha value is -2.12. The molecule has 0 radical (unpaired) electrons. The normalized spacial score (nSPS) is 14.4. The van der Waals surface area contributed by atoms with Gasteiger partial charge >= 0.3 is 5.97 Å². The third kappa shape index (κ3) is 2.05. The number of nitrogen functional groups attached to an aromatic ring is 1. The first-order chi connectivity index (χ1) is 9.95. The third-order valence-electron chi connectivity index (χ3n) is 3.52. The van der Waals surface area contributed by atoms with Crippen LogP contribution in [0.15, 0.2) is 17.1 Å². The Balaban J connectivity index is 2.50. The average Bonchev–Trinajstić information content (AvgIpc) is 3.24. The van der Waals surface area contributed by atoms with Crippen molar-refractivity contribution in [1.29, 1.82) is 0 Å². The summed E-state index contributed by atoms with van der Waals surface area (Å²) in [5.41, 5.74) is 0.885. The highest BCUT2D eigenvalue weighted by Gasteiger charge is 2.29. The number of hydrogen-bond donors (Lipinski definition) is 3. The summed E-state index contributed by atoms with van der Waals surface area (Å²) in [6.07, 6.45) is 2.77. The van der Waals surface area contributed by atoms with Gasteiger partial charge < -0.3 is 15.1 Å². The third-order valence-corrected chi connectivity index (χ3v) is 3.82. The Morgan fingerprint density at radius 2 is 2.19 bits per heavy atom. The van der Waals surface area contributed by atoms with Crippen LogP contribution in [0.4, 0.5) is 10.1 Å². The maximum atomic E-state index is 14.6. The molecule has 6 nitrogen and oxygen atoms in total. The van der Waals surface area contributed by atoms with E-state index in [-0.39, 0.29) is 27.7 Å². The first-order valence-corrected chi connectivity index (χ1v) is 6.60. The predicted octanol–water partition coefficient (Wildman–Crippen LogP) is 2.11. The summed E-state index contributed by atoms with van der Waals surface area (Å²) in [6, 6.07) is 1.22. The van der Waals surface area contributed by atoms with Crippen molar-refractivity contribution in [2.75, 3.05) is 5.43 Å². The number of fused-ring (bicyclic) bond motifs is 1. The SMILES string of the molecule is NNc1c(Cl)cc2c(=O)c(C(=O)O)cn(C3CC3)c2c1F. The molecule has 1 aliphatic carbocycles. The van der Waals surface area contributed by atoms with Gasteiger partial charge in [-0.15, -0.1) is 0 Å². The van der Waals surface area contributed by atoms with E-state index in [0.29, 0.717) is 0 Å². The van der Waals surface area contributed by atoms with Crippen molar-refractivity contribution in [2.45, 2.75) is 18.9 Å². The summed E-state index contributed by atoms with van der Waals surface area (Å²) in [7, 11) is 0. The van der Waals surface area contributed by atoms with Crippen molar-refractivity contribution in [2.24, 2.45) is 5.84 Å². The van der Waals surface area contributed by atoms with Crippen LogP contribution in [-0.2, 0) is 0 Å². The number of rotatable bonds is 3. The summed E-state index contributed by atoms with van der Waals surface area (Å²) >= 11 is 5.88. The molecule has 1 heterocycles. The molecule has 0 atom stereocenters. The quantitative estimate of drug-likeness (QED) is 0.596. The number of hydrogen-bond acceptors (Lipinski definition) is 4. The lowest BCUT2D eigenvalue weighted by molar-refractivity contribution is 0.0695. The van der Waals surface area contributed by atoms with Crippen LogP contribution >= 0.6 is 11.6 Å². The van der Waals surface area contributed by atoms with Crippen LogP contribution in [0.2, 0.25) is 5.02 Å². The minimum absolute atomic E-state index is 0.0184. The van der Waals surface area contributed by atoms with Crippen LogP contribution in [0.3, 0.4) is 0 Å². The van der Waals surface area contributed by atoms with E-state index in [1.165, 1.54) is 16.8 Å². The smallest absolute Gasteiger partial charge is 0.341 e. The maximum absolute atomic E-state index is 14.6. The van der Waals surface area contributed by atoms with Gasteiger partial charge in [-0.3, -0.25) is 10.6 Å². The Bertz CT molecular complexity index is 830. The number of aromatic nitrogens is 1. The molecule has 0 amide bonds. The van der Waals surface area contributed by atoms with Crippen molar-refractivity contribution < 1.29 is 14.3 Å². The lowest BCUT2D eigenvalue weighted by atomic mass is 10.1. The number of benzene rings is 1. The molecular formula is C13H11ClFN3O3. The molecule has 1 fully saturated rings. The summed E-state index contributed by atoms with van der Waals surface area (Å²) in [4.78, 5) is 23.4. The highest BCUT2D eigenvalue weighted by molar-refractivity contribution is 6.34. The van der Waals surface area contributed by atoms with Crippen LogP contribution in [-0.4, -0.2) is 15.6 Å². The van der Waals surface area contributed by atoms with Gasteiger partial charge in [-0.05, 0) is 18.9 Å². The van der Waals surface area contributed by atoms with Gasteiger partial charge in [0.2, 0.25) is 5.43 Å². The Morgan fingerprint density at radius 1 is 1.52 bits per heavy atom. The number of halogens is 2. The summed E-state index contributed by atoms with van der Waals surface area (Å²) in [5, 5.41) is 8.97. The molecule has 1 aliphatic rings. The van der Waals surface area contributed by atoms with Crippen molar-refractivity contribution in [3.8, 4) is 0 Å². The molecule has 1 aromatic carbocycles. The molecule has 8 heteroatoms. The van der Waals surface area contributed by atoms with Crippen LogP contribution < -0.4 is 16.7 Å². The van der Waals surface area contributed by atoms with E-state index in [2.05, 4.69) is 5.43 Å². The fourth-order valence-electron chi connectivity index (χ4n) is 2.37. The van der Waals surface area contributed by atoms with Gasteiger partial charge in [0, 0.05) is 12.2 Å². The second kappa shape index (κ2) is 4.71. The second-order valence-electron chi connectivity index (χ2n) is 4.90. The summed E-state index contributed by atoms with van der Waals surface area (Å²) in [6.45, 7) is 0. The number of carboxylic acid groups (broad SMARTS) is 1. The Morgan fingerprint density at radius 3 is 2.71 bits per heavy atom. The van der Waals surface area contributed by atoms with Crippen molar-refractivity contribution in [3.63, 3.8) is 0 Å². The van der Waals surface area contributed by atoms with Crippen molar-refractivity contribution >= 4 is 34.2 Å². The van der Waals surface area contributed by atoms with Gasteiger partial charge in [0.05, 0.1) is 15.9 Å². The van der Waals surface area contributed by atoms with E-state index < -0.39 is 22.8 Å². The number of nitrogens with zero attached hydrogens (tertiary/aromatic N) is 1. The number of anilines is 1. The molecular weight excluding hydrogens is 301 g/mol. The molecule has 0 unspecified atom stereocenters. The van der Waals surface area contributed by atoms with E-state index in [0.717, 1.165) is 12.8 Å². The summed E-state index contributed by atoms with van der Waals surface area (Å²) in [5.74, 6) is 3.13. The lowest BCUT2D eigenvalue weighted by Crippen LogP contribution is -2.20. The molecule has 0 saturated heterocycles. The Kier molecular flexibility index (Phi) is 3.11. The van der Waals surface area contributed by atoms with Crippen LogP contribution in [0, 0.1) is 5.82 Å². The van der Waals surface area contributed by atoms with E-state index in [9.17, 15) is 14.0 Å². The minimum atomic E-state index is -1.35. The standard InChI is InChI=1S/C13H11ClFN3O3/c14-8-3-6-11(9(15)10(8)17-16)18(5-1-2-5)4-7(12(6)19)13(20)21/h3-5,17H,1-2,16H2,(H,20,21). The molecule has 0 aliphatic heterocycles. The number of nitrogens with two attached hydrogens (primary N) is 1. The molecule has 2 aromatic rings. The minimum Gasteiger partial charge on any atom is -0.477 e. The number of carbonyl (C=O) groups is 1. The van der Waals surface area contributed by atoms with Gasteiger partial charge in [-0.1, -0.05) is 11.6 Å². The molecule has 3 rings (SSSR count). The van der Waals surface area contributed by atoms with Gasteiger partial charge in [0.1, 0.15) is 11.3 Å². The van der Waals surface area contributed by atoms with E-state index in [1.54, 1.807) is 0 Å². The predicted molar refractivity (Wildman–Crippen MR) is 76.2 cm³/mol. The molecule has 4 N–H and O–H groups in total. The van der Waals surface area contributed by atoms with E-state index in [1.807, 2.05) is 0 Å². The number of carboxylic acids is 1. The zero-order valence-corrected chi connectivity index (χ0v) is 11.4. The van der Waals surface area contributed by atoms with E-state index >= 15 is 0 Å². The molecule has 21 heavy (non-hydrogen) atoms. The lowest BCUT2D eigenvalue weighted by Gasteiger charge is -2.15. The molecule has 0 bridgehead atoms. The maximum Gasteiger partial charge on any atom is 0.341 e. The highest BCUT2D eigenvalue weighted by Crippen LogP contribution is 2.39. The van der Waals surface area contributed by atoms with Crippen molar-refractivity contribution in [1.82, 2.24) is 4.57 Å². The molecule has 1 aromatic heterocycles. The van der Waals surface area contributed by atoms with Crippen LogP contribution in [0.5, 0.6) is 0 Å². The number of hydrazine groups is 1. The summed E-state index contributed by atoms with van der Waals surface area (Å²) < 4.78 is 16.0. The fourth-order valence-corrected chi connectivity index (χ4v) is 2.61. The highest BCUT2D eigenvalue weighted by atomic mass is 35.5. The Labute approximate surface area is 122 Å². The zero-order valence-electron chi connectivity index (χ0n) is 10.7. The molecule has 110 valence electrons. The van der Waals surface area contributed by atoms with Gasteiger partial charge in [0.25, 0.3) is 0 Å². The van der Waals surface area contributed by atoms with Gasteiger partial charge in [-0.2, -0.15) is 0 Å². The molecule has 1 saturated carbocycles. The molecule has 0 spiro atoms. The number of aromatic carboxylic acids is 1. The number of nitrogens with one attached hydrogen (secondary N) is 1. The van der Waals surface area contributed by atoms with Gasteiger partial charge in [-0.25, -0.2) is 9.18 Å². The van der Waals surface area contributed by atoms with E-state index in [4.69, 9.17) is 22.6 Å². The first kappa shape index (κ1) is 13.8. The topological polar surface area (TPSA) is 97.3 Å².